The van der Waals surface area contributed by atoms with Gasteiger partial charge in [-0.1, -0.05) is 0 Å². The third kappa shape index (κ3) is 11.3. The van der Waals surface area contributed by atoms with Crippen LogP contribution in [0.1, 0.15) is 51.1 Å². The summed E-state index contributed by atoms with van der Waals surface area (Å²) in [5.74, 6) is -5.23. The number of benzene rings is 4. The maximum absolute atomic E-state index is 14.7. The van der Waals surface area contributed by atoms with E-state index in [2.05, 4.69) is 87.3 Å². The molecule has 0 radical (unpaired) electrons. The molecule has 52 heavy (non-hydrogen) atoms. The van der Waals surface area contributed by atoms with E-state index in [4.69, 9.17) is 5.11 Å². The Labute approximate surface area is 335 Å². The Morgan fingerprint density at radius 2 is 1.29 bits per heavy atom. The van der Waals surface area contributed by atoms with Crippen molar-refractivity contribution < 1.29 is 32.3 Å². The summed E-state index contributed by atoms with van der Waals surface area (Å²) in [6.07, 6.45) is 2.73. The highest BCUT2D eigenvalue weighted by Crippen LogP contribution is 2.33. The van der Waals surface area contributed by atoms with Crippen molar-refractivity contribution >= 4 is 95.7 Å². The first-order valence-corrected chi connectivity index (χ1v) is 19.4. The zero-order chi connectivity index (χ0) is 37.9. The number of aryl methyl sites for hydroxylation is 2. The Bertz CT molecular complexity index is 1910. The lowest BCUT2D eigenvalue weighted by atomic mass is 10.1. The average Bonchev–Trinajstić information content (AvgIpc) is 3.63. The molecule has 1 aliphatic rings. The van der Waals surface area contributed by atoms with Gasteiger partial charge in [0.15, 0.2) is 23.3 Å². The summed E-state index contributed by atoms with van der Waals surface area (Å²) < 4.78 is 58.7. The maximum Gasteiger partial charge on any atom is 0.253 e. The Morgan fingerprint density at radius 1 is 0.750 bits per heavy atom. The van der Waals surface area contributed by atoms with Crippen molar-refractivity contribution in [1.82, 2.24) is 15.5 Å². The second-order valence-electron chi connectivity index (χ2n) is 12.0. The lowest BCUT2D eigenvalue weighted by Gasteiger charge is -2.18. The fourth-order valence-corrected chi connectivity index (χ4v) is 7.06. The minimum absolute atomic E-state index is 0.00443. The Balaban J connectivity index is 0.000000236. The number of nitrogens with one attached hydrogen (secondary N) is 4. The Hall–Kier alpha value is -3.00. The molecule has 15 heteroatoms. The molecular weight excluding hydrogens is 972 g/mol. The van der Waals surface area contributed by atoms with E-state index in [9.17, 15) is 27.2 Å². The van der Waals surface area contributed by atoms with Crippen molar-refractivity contribution in [2.45, 2.75) is 33.1 Å². The van der Waals surface area contributed by atoms with Gasteiger partial charge in [0, 0.05) is 44.8 Å². The number of likely N-dealkylation sites (tertiary alicyclic amines) is 1. The van der Waals surface area contributed by atoms with E-state index >= 15 is 0 Å². The summed E-state index contributed by atoms with van der Waals surface area (Å²) in [5.41, 5.74) is 2.61. The van der Waals surface area contributed by atoms with Gasteiger partial charge in [0.1, 0.15) is 0 Å². The number of hydrogen-bond donors (Lipinski definition) is 5. The van der Waals surface area contributed by atoms with Crippen LogP contribution in [-0.4, -0.2) is 61.2 Å². The average molecular weight is 1010 g/mol. The molecule has 0 aromatic heterocycles. The van der Waals surface area contributed by atoms with Crippen molar-refractivity contribution in [2.75, 3.05) is 50.0 Å². The predicted molar refractivity (Wildman–Crippen MR) is 217 cm³/mol. The summed E-state index contributed by atoms with van der Waals surface area (Å²) in [6, 6.07) is 14.5. The van der Waals surface area contributed by atoms with Crippen LogP contribution >= 0.6 is 61.1 Å². The van der Waals surface area contributed by atoms with Gasteiger partial charge >= 0.3 is 0 Å². The lowest BCUT2D eigenvalue weighted by Crippen LogP contribution is -2.33. The van der Waals surface area contributed by atoms with E-state index in [1.54, 1.807) is 12.1 Å². The van der Waals surface area contributed by atoms with Gasteiger partial charge < -0.3 is 31.3 Å². The van der Waals surface area contributed by atoms with E-state index in [0.717, 1.165) is 44.0 Å². The highest BCUT2D eigenvalue weighted by Gasteiger charge is 2.23. The molecule has 5 rings (SSSR count). The smallest absolute Gasteiger partial charge is 0.253 e. The maximum atomic E-state index is 14.7. The van der Waals surface area contributed by atoms with E-state index < -0.39 is 35.1 Å². The molecule has 278 valence electrons. The molecule has 0 aliphatic carbocycles. The highest BCUT2D eigenvalue weighted by molar-refractivity contribution is 14.1. The second-order valence-corrected chi connectivity index (χ2v) is 15.3. The summed E-state index contributed by atoms with van der Waals surface area (Å²) in [5, 5.41) is 19.9. The molecule has 1 aliphatic heterocycles. The molecule has 1 saturated heterocycles. The molecule has 0 spiro atoms. The van der Waals surface area contributed by atoms with E-state index in [1.807, 2.05) is 38.1 Å². The van der Waals surface area contributed by atoms with Crippen LogP contribution in [-0.2, 0) is 0 Å². The molecule has 0 bridgehead atoms. The monoisotopic (exact) mass is 1010 g/mol. The number of hydrogen-bond acceptors (Lipinski definition) is 6. The van der Waals surface area contributed by atoms with Crippen LogP contribution in [0.5, 0.6) is 0 Å². The third-order valence-electron chi connectivity index (χ3n) is 8.18. The number of carbonyl (C=O) groups is 2. The zero-order valence-electron chi connectivity index (χ0n) is 28.4. The number of carbonyl (C=O) groups excluding carboxylic acids is 2. The number of halogens is 7. The fraction of sp³-hybridized carbons (Fsp3) is 0.297. The third-order valence-corrected chi connectivity index (χ3v) is 10.1. The number of amides is 2. The molecule has 5 N–H and O–H groups in total. The van der Waals surface area contributed by atoms with E-state index in [1.165, 1.54) is 25.0 Å². The quantitative estimate of drug-likeness (QED) is 0.0421. The van der Waals surface area contributed by atoms with Gasteiger partial charge in [-0.3, -0.25) is 9.59 Å². The van der Waals surface area contributed by atoms with Crippen LogP contribution in [0.2, 0.25) is 0 Å². The van der Waals surface area contributed by atoms with Gasteiger partial charge in [-0.05, 0) is 173 Å². The van der Waals surface area contributed by atoms with Crippen molar-refractivity contribution in [3.63, 3.8) is 0 Å². The van der Waals surface area contributed by atoms with Crippen LogP contribution in [0.15, 0.2) is 59.1 Å². The predicted octanol–water partition coefficient (Wildman–Crippen LogP) is 8.94. The Kier molecular flexibility index (Phi) is 16.0. The number of anilines is 4. The van der Waals surface area contributed by atoms with Gasteiger partial charge in [0.05, 0.1) is 27.0 Å². The molecule has 4 aromatic carbocycles. The minimum atomic E-state index is -1.11. The molecule has 2 amide bonds. The standard InChI is InChI=1S/C20H21BrF2IN3O.C17H17F2IN2O2/c1-12-10-13(24)4-5-16(12)26-19-14(11-15(21)17(22)18(19)23)20(28)25-6-9-27-7-2-3-8-27;1-10-9-11(20)3-6-14(10)22-16-12(4-5-13(18)15(16)19)17(24)21-7-2-8-23/h4-5,10-11,26H,2-3,6-9H2,1H3,(H,25,28);3-6,9,22-23H,2,7-8H2,1H3,(H,21,24). The second kappa shape index (κ2) is 19.9. The van der Waals surface area contributed by atoms with Gasteiger partial charge in [-0.25, -0.2) is 17.6 Å². The van der Waals surface area contributed by atoms with Gasteiger partial charge in [0.2, 0.25) is 0 Å². The van der Waals surface area contributed by atoms with Gasteiger partial charge in [-0.15, -0.1) is 0 Å². The van der Waals surface area contributed by atoms with Crippen LogP contribution < -0.4 is 21.3 Å². The fourth-order valence-electron chi connectivity index (χ4n) is 5.37. The molecule has 8 nitrogen and oxygen atoms in total. The largest absolute Gasteiger partial charge is 0.396 e. The van der Waals surface area contributed by atoms with Crippen LogP contribution in [0, 0.1) is 44.3 Å². The molecule has 0 saturated carbocycles. The number of rotatable bonds is 12. The molecule has 4 aromatic rings. The molecule has 0 unspecified atom stereocenters. The van der Waals surface area contributed by atoms with Crippen molar-refractivity contribution in [1.29, 1.82) is 0 Å². The molecule has 1 heterocycles. The van der Waals surface area contributed by atoms with Gasteiger partial charge in [0.25, 0.3) is 11.8 Å². The first kappa shape index (κ1) is 41.8. The van der Waals surface area contributed by atoms with E-state index in [0.29, 0.717) is 24.3 Å². The van der Waals surface area contributed by atoms with Crippen LogP contribution in [0.4, 0.5) is 40.3 Å². The van der Waals surface area contributed by atoms with E-state index in [-0.39, 0.29) is 40.1 Å². The topological polar surface area (TPSA) is 106 Å². The summed E-state index contributed by atoms with van der Waals surface area (Å²) in [7, 11) is 0. The van der Waals surface area contributed by atoms with Gasteiger partial charge in [-0.2, -0.15) is 0 Å². The molecule has 1 fully saturated rings. The molecular formula is C37H38BrF4I2N5O3. The molecule has 0 atom stereocenters. The number of aliphatic hydroxyl groups excluding tert-OH is 1. The summed E-state index contributed by atoms with van der Waals surface area (Å²) in [4.78, 5) is 27.2. The van der Waals surface area contributed by atoms with Crippen LogP contribution in [0.25, 0.3) is 0 Å². The SMILES string of the molecule is Cc1cc(I)ccc1Nc1c(C(=O)NCCCO)ccc(F)c1F.Cc1cc(I)ccc1Nc1c(C(=O)NCCN2CCCC2)cc(Br)c(F)c1F. The van der Waals surface area contributed by atoms with Crippen molar-refractivity contribution in [2.24, 2.45) is 0 Å². The number of nitrogens with zero attached hydrogens (tertiary/aromatic N) is 1. The first-order chi connectivity index (χ1) is 24.8. The lowest BCUT2D eigenvalue weighted by molar-refractivity contribution is 0.0942. The number of aliphatic hydroxyl groups is 1. The van der Waals surface area contributed by atoms with Crippen LogP contribution in [0.3, 0.4) is 0 Å². The first-order valence-electron chi connectivity index (χ1n) is 16.4. The zero-order valence-corrected chi connectivity index (χ0v) is 34.3. The normalized spacial score (nSPS) is 12.6. The summed E-state index contributed by atoms with van der Waals surface area (Å²) >= 11 is 7.34. The Morgan fingerprint density at radius 3 is 1.85 bits per heavy atom. The summed E-state index contributed by atoms with van der Waals surface area (Å²) in [6.45, 7) is 7.15. The minimum Gasteiger partial charge on any atom is -0.396 e. The van der Waals surface area contributed by atoms with Crippen molar-refractivity contribution in [3.05, 3.63) is 112 Å². The van der Waals surface area contributed by atoms with Crippen molar-refractivity contribution in [3.8, 4) is 0 Å². The highest BCUT2D eigenvalue weighted by atomic mass is 127.